The van der Waals surface area contributed by atoms with Crippen molar-refractivity contribution in [1.82, 2.24) is 5.32 Å². The number of anilines is 1. The van der Waals surface area contributed by atoms with Crippen LogP contribution < -0.4 is 15.0 Å². The van der Waals surface area contributed by atoms with Crippen molar-refractivity contribution < 1.29 is 4.74 Å². The molecule has 1 aromatic carbocycles. The minimum absolute atomic E-state index is 0.670. The average molecular weight is 276 g/mol. The fourth-order valence-corrected chi connectivity index (χ4v) is 3.04. The lowest BCUT2D eigenvalue weighted by Gasteiger charge is -2.36. The van der Waals surface area contributed by atoms with E-state index in [-0.39, 0.29) is 0 Å². The van der Waals surface area contributed by atoms with Crippen LogP contribution >= 0.6 is 0 Å². The second-order valence-corrected chi connectivity index (χ2v) is 5.77. The minimum atomic E-state index is 0.670. The van der Waals surface area contributed by atoms with Gasteiger partial charge in [0.05, 0.1) is 7.11 Å². The van der Waals surface area contributed by atoms with Crippen molar-refractivity contribution >= 4 is 5.69 Å². The second-order valence-electron chi connectivity index (χ2n) is 5.77. The largest absolute Gasteiger partial charge is 0.497 e. The smallest absolute Gasteiger partial charge is 0.119 e. The molecule has 3 heteroatoms. The normalized spacial score (nSPS) is 22.6. The molecular weight excluding hydrogens is 248 g/mol. The lowest BCUT2D eigenvalue weighted by Crippen LogP contribution is -2.41. The highest BCUT2D eigenvalue weighted by Crippen LogP contribution is 2.27. The average Bonchev–Trinajstić information content (AvgIpc) is 2.53. The number of hydrogen-bond acceptors (Lipinski definition) is 3. The van der Waals surface area contributed by atoms with Gasteiger partial charge in [-0.1, -0.05) is 6.92 Å². The van der Waals surface area contributed by atoms with Gasteiger partial charge >= 0.3 is 0 Å². The molecule has 0 heterocycles. The summed E-state index contributed by atoms with van der Waals surface area (Å²) in [5.41, 5.74) is 1.29. The van der Waals surface area contributed by atoms with Crippen molar-refractivity contribution in [3.63, 3.8) is 0 Å². The molecule has 112 valence electrons. The zero-order valence-corrected chi connectivity index (χ0v) is 13.1. The molecule has 1 saturated carbocycles. The molecule has 3 nitrogen and oxygen atoms in total. The number of methoxy groups -OCH3 is 1. The van der Waals surface area contributed by atoms with Gasteiger partial charge in [0.1, 0.15) is 5.75 Å². The van der Waals surface area contributed by atoms with Crippen LogP contribution in [0, 0.1) is 0 Å². The van der Waals surface area contributed by atoms with E-state index in [0.717, 1.165) is 18.3 Å². The zero-order valence-electron chi connectivity index (χ0n) is 13.1. The summed E-state index contributed by atoms with van der Waals surface area (Å²) in [5.74, 6) is 0.926. The van der Waals surface area contributed by atoms with E-state index in [0.29, 0.717) is 6.04 Å². The van der Waals surface area contributed by atoms with Gasteiger partial charge in [0.2, 0.25) is 0 Å². The molecule has 2 rings (SSSR count). The van der Waals surface area contributed by atoms with E-state index in [1.54, 1.807) is 7.11 Å². The predicted molar refractivity (Wildman–Crippen MR) is 85.7 cm³/mol. The number of benzene rings is 1. The Morgan fingerprint density at radius 3 is 2.35 bits per heavy atom. The SMILES string of the molecule is CCCNC1CCC(N(C)c2ccc(OC)cc2)CC1. The van der Waals surface area contributed by atoms with E-state index in [9.17, 15) is 0 Å². The molecule has 0 radical (unpaired) electrons. The molecule has 0 unspecified atom stereocenters. The van der Waals surface area contributed by atoms with Crippen molar-refractivity contribution in [3.8, 4) is 5.75 Å². The zero-order chi connectivity index (χ0) is 14.4. The molecule has 0 bridgehead atoms. The van der Waals surface area contributed by atoms with Crippen LogP contribution in [0.2, 0.25) is 0 Å². The Morgan fingerprint density at radius 2 is 1.80 bits per heavy atom. The number of ether oxygens (including phenoxy) is 1. The van der Waals surface area contributed by atoms with Crippen molar-refractivity contribution in [2.75, 3.05) is 25.6 Å². The molecule has 0 aromatic heterocycles. The lowest BCUT2D eigenvalue weighted by molar-refractivity contribution is 0.337. The molecule has 0 atom stereocenters. The van der Waals surface area contributed by atoms with Gasteiger partial charge in [-0.3, -0.25) is 0 Å². The number of nitrogens with zero attached hydrogens (tertiary/aromatic N) is 1. The Hall–Kier alpha value is -1.22. The Morgan fingerprint density at radius 1 is 1.15 bits per heavy atom. The van der Waals surface area contributed by atoms with Crippen LogP contribution in [0.4, 0.5) is 5.69 Å². The molecule has 0 spiro atoms. The predicted octanol–water partition coefficient (Wildman–Crippen LogP) is 3.44. The molecule has 1 aliphatic rings. The van der Waals surface area contributed by atoms with Crippen molar-refractivity contribution in [2.24, 2.45) is 0 Å². The van der Waals surface area contributed by atoms with Gasteiger partial charge in [-0.15, -0.1) is 0 Å². The highest BCUT2D eigenvalue weighted by molar-refractivity contribution is 5.49. The van der Waals surface area contributed by atoms with E-state index >= 15 is 0 Å². The van der Waals surface area contributed by atoms with Crippen LogP contribution in [-0.4, -0.2) is 32.8 Å². The van der Waals surface area contributed by atoms with Gasteiger partial charge in [-0.2, -0.15) is 0 Å². The quantitative estimate of drug-likeness (QED) is 0.861. The Bertz CT molecular complexity index is 382. The molecule has 1 N–H and O–H groups in total. The summed E-state index contributed by atoms with van der Waals surface area (Å²) < 4.78 is 5.22. The van der Waals surface area contributed by atoms with Gasteiger partial charge in [0, 0.05) is 24.8 Å². The van der Waals surface area contributed by atoms with E-state index < -0.39 is 0 Å². The van der Waals surface area contributed by atoms with Gasteiger partial charge in [-0.05, 0) is 62.9 Å². The topological polar surface area (TPSA) is 24.5 Å². The highest BCUT2D eigenvalue weighted by Gasteiger charge is 2.23. The summed E-state index contributed by atoms with van der Waals surface area (Å²) >= 11 is 0. The molecule has 0 amide bonds. The van der Waals surface area contributed by atoms with E-state index in [2.05, 4.69) is 36.3 Å². The highest BCUT2D eigenvalue weighted by atomic mass is 16.5. The molecule has 1 aromatic rings. The van der Waals surface area contributed by atoms with Crippen LogP contribution in [0.5, 0.6) is 5.75 Å². The maximum Gasteiger partial charge on any atom is 0.119 e. The van der Waals surface area contributed by atoms with Crippen molar-refractivity contribution in [1.29, 1.82) is 0 Å². The maximum atomic E-state index is 5.22. The van der Waals surface area contributed by atoms with Gasteiger partial charge < -0.3 is 15.0 Å². The van der Waals surface area contributed by atoms with Crippen LogP contribution in [-0.2, 0) is 0 Å². The monoisotopic (exact) mass is 276 g/mol. The first-order chi connectivity index (χ1) is 9.74. The van der Waals surface area contributed by atoms with E-state index in [4.69, 9.17) is 4.74 Å². The number of hydrogen-bond donors (Lipinski definition) is 1. The first kappa shape index (κ1) is 15.2. The Balaban J connectivity index is 1.85. The van der Waals surface area contributed by atoms with Gasteiger partial charge in [0.25, 0.3) is 0 Å². The summed E-state index contributed by atoms with van der Waals surface area (Å²) in [6, 6.07) is 9.79. The fourth-order valence-electron chi connectivity index (χ4n) is 3.04. The first-order valence-electron chi connectivity index (χ1n) is 7.85. The Kier molecular flexibility index (Phi) is 5.72. The van der Waals surface area contributed by atoms with Gasteiger partial charge in [0.15, 0.2) is 0 Å². The molecule has 0 saturated heterocycles. The van der Waals surface area contributed by atoms with Crippen LogP contribution in [0.3, 0.4) is 0 Å². The molecule has 0 aliphatic heterocycles. The number of rotatable bonds is 6. The summed E-state index contributed by atoms with van der Waals surface area (Å²) in [5, 5.41) is 3.65. The second kappa shape index (κ2) is 7.53. The van der Waals surface area contributed by atoms with Gasteiger partial charge in [-0.25, -0.2) is 0 Å². The minimum Gasteiger partial charge on any atom is -0.497 e. The Labute approximate surface area is 123 Å². The van der Waals surface area contributed by atoms with Crippen LogP contribution in [0.1, 0.15) is 39.0 Å². The third kappa shape index (κ3) is 3.89. The summed E-state index contributed by atoms with van der Waals surface area (Å²) in [7, 11) is 3.93. The number of nitrogens with one attached hydrogen (secondary N) is 1. The van der Waals surface area contributed by atoms with E-state index in [1.165, 1.54) is 37.8 Å². The standard InChI is InChI=1S/C17H28N2O/c1-4-13-18-14-5-7-15(8-6-14)19(2)16-9-11-17(20-3)12-10-16/h9-12,14-15,18H,4-8,13H2,1-3H3. The maximum absolute atomic E-state index is 5.22. The first-order valence-corrected chi connectivity index (χ1v) is 7.85. The molecular formula is C17H28N2O. The van der Waals surface area contributed by atoms with Crippen molar-refractivity contribution in [2.45, 2.75) is 51.1 Å². The van der Waals surface area contributed by atoms with Crippen molar-refractivity contribution in [3.05, 3.63) is 24.3 Å². The molecule has 1 fully saturated rings. The lowest BCUT2D eigenvalue weighted by atomic mass is 9.90. The van der Waals surface area contributed by atoms with Crippen LogP contribution in [0.15, 0.2) is 24.3 Å². The fraction of sp³-hybridized carbons (Fsp3) is 0.647. The molecule has 20 heavy (non-hydrogen) atoms. The van der Waals surface area contributed by atoms with E-state index in [1.807, 2.05) is 12.1 Å². The third-order valence-electron chi connectivity index (χ3n) is 4.41. The third-order valence-corrected chi connectivity index (χ3v) is 4.41. The summed E-state index contributed by atoms with van der Waals surface area (Å²) in [4.78, 5) is 2.43. The molecule has 1 aliphatic carbocycles. The summed E-state index contributed by atoms with van der Waals surface area (Å²) in [6.45, 7) is 3.39. The van der Waals surface area contributed by atoms with Crippen LogP contribution in [0.25, 0.3) is 0 Å². The summed E-state index contributed by atoms with van der Waals surface area (Å²) in [6.07, 6.45) is 6.38.